The highest BCUT2D eigenvalue weighted by Crippen LogP contribution is 2.15. The van der Waals surface area contributed by atoms with Crippen LogP contribution in [0.4, 0.5) is 0 Å². The molecule has 0 rings (SSSR count). The zero-order valence-corrected chi connectivity index (χ0v) is 19.7. The van der Waals surface area contributed by atoms with Crippen molar-refractivity contribution in [3.63, 3.8) is 0 Å². The fourth-order valence-corrected chi connectivity index (χ4v) is 4.12. The molecule has 0 radical (unpaired) electrons. The van der Waals surface area contributed by atoms with Crippen LogP contribution in [-0.2, 0) is 9.22 Å². The van der Waals surface area contributed by atoms with Gasteiger partial charge in [0, 0.05) is 6.42 Å². The lowest BCUT2D eigenvalue weighted by Gasteiger charge is -2.17. The Morgan fingerprint density at radius 3 is 1.35 bits per heavy atom. The first-order chi connectivity index (χ1) is 12.3. The topological polar surface area (TPSA) is 26.3 Å². The van der Waals surface area contributed by atoms with Crippen molar-refractivity contribution in [2.24, 2.45) is 5.92 Å². The molecule has 0 aromatic heterocycles. The second-order valence-electron chi connectivity index (χ2n) is 9.47. The minimum Gasteiger partial charge on any atom is -0.520 e. The molecule has 0 fully saturated rings. The predicted octanol–water partition coefficient (Wildman–Crippen LogP) is 8.26. The third-order valence-corrected chi connectivity index (χ3v) is 5.67. The lowest BCUT2D eigenvalue weighted by molar-refractivity contribution is -0.135. The van der Waals surface area contributed by atoms with Gasteiger partial charge in [-0.2, -0.15) is 0 Å². The maximum absolute atomic E-state index is 11.6. The van der Waals surface area contributed by atoms with Crippen LogP contribution in [-0.4, -0.2) is 14.3 Å². The van der Waals surface area contributed by atoms with E-state index in [1.807, 2.05) is 0 Å². The minimum absolute atomic E-state index is 0.0177. The number of unbranched alkanes of at least 4 members (excludes halogenated alkanes) is 13. The minimum atomic E-state index is -1.68. The molecular weight excluding hydrogens is 336 g/mol. The molecule has 0 N–H and O–H groups in total. The van der Waals surface area contributed by atoms with Gasteiger partial charge in [0.2, 0.25) is 8.32 Å². The summed E-state index contributed by atoms with van der Waals surface area (Å²) in [5.74, 6) is 0.894. The van der Waals surface area contributed by atoms with Crippen molar-refractivity contribution >= 4 is 14.3 Å². The molecule has 0 heterocycles. The number of rotatable bonds is 18. The van der Waals surface area contributed by atoms with Gasteiger partial charge in [0.05, 0.1) is 0 Å². The van der Waals surface area contributed by atoms with Gasteiger partial charge in [-0.3, -0.25) is 4.79 Å². The Balaban J connectivity index is 3.15. The smallest absolute Gasteiger partial charge is 0.292 e. The monoisotopic (exact) mass is 384 g/mol. The van der Waals surface area contributed by atoms with Crippen LogP contribution in [0.2, 0.25) is 19.6 Å². The highest BCUT2D eigenvalue weighted by molar-refractivity contribution is 6.71. The number of hydrogen-bond donors (Lipinski definition) is 0. The Hall–Kier alpha value is -0.313. The molecule has 3 heteroatoms. The van der Waals surface area contributed by atoms with Crippen LogP contribution < -0.4 is 0 Å². The average Bonchev–Trinajstić information content (AvgIpc) is 2.52. The van der Waals surface area contributed by atoms with Crippen LogP contribution in [0.25, 0.3) is 0 Å². The summed E-state index contributed by atoms with van der Waals surface area (Å²) in [5.41, 5.74) is 0. The fourth-order valence-electron chi connectivity index (χ4n) is 3.34. The zero-order chi connectivity index (χ0) is 19.7. The van der Waals surface area contributed by atoms with E-state index in [0.717, 1.165) is 12.3 Å². The lowest BCUT2D eigenvalue weighted by atomic mass is 10.0. The summed E-state index contributed by atoms with van der Waals surface area (Å²) in [6, 6.07) is 0. The molecular formula is C23H48O2Si. The van der Waals surface area contributed by atoms with Crippen molar-refractivity contribution < 1.29 is 9.22 Å². The van der Waals surface area contributed by atoms with Gasteiger partial charge >= 0.3 is 0 Å². The molecule has 2 nitrogen and oxygen atoms in total. The highest BCUT2D eigenvalue weighted by Gasteiger charge is 2.19. The predicted molar refractivity (Wildman–Crippen MR) is 118 cm³/mol. The van der Waals surface area contributed by atoms with E-state index in [9.17, 15) is 4.79 Å². The highest BCUT2D eigenvalue weighted by atomic mass is 28.4. The van der Waals surface area contributed by atoms with Gasteiger partial charge in [-0.1, -0.05) is 104 Å². The second-order valence-corrected chi connectivity index (χ2v) is 13.9. The Bertz CT molecular complexity index is 321. The summed E-state index contributed by atoms with van der Waals surface area (Å²) in [5, 5.41) is 0. The maximum Gasteiger partial charge on any atom is 0.292 e. The molecule has 156 valence electrons. The first-order valence-corrected chi connectivity index (χ1v) is 14.9. The van der Waals surface area contributed by atoms with E-state index in [4.69, 9.17) is 4.43 Å². The van der Waals surface area contributed by atoms with Crippen LogP contribution in [0.15, 0.2) is 0 Å². The van der Waals surface area contributed by atoms with Gasteiger partial charge in [0.25, 0.3) is 5.97 Å². The van der Waals surface area contributed by atoms with Gasteiger partial charge < -0.3 is 4.43 Å². The van der Waals surface area contributed by atoms with Crippen molar-refractivity contribution in [1.29, 1.82) is 0 Å². The van der Waals surface area contributed by atoms with Crippen LogP contribution in [0.3, 0.4) is 0 Å². The van der Waals surface area contributed by atoms with E-state index >= 15 is 0 Å². The molecule has 0 aliphatic rings. The summed E-state index contributed by atoms with van der Waals surface area (Å²) in [6.45, 7) is 10.9. The SMILES string of the molecule is CC(C)CCCCCCCCCCCCCCCCC(=O)O[Si](C)(C)C. The first-order valence-electron chi connectivity index (χ1n) is 11.5. The van der Waals surface area contributed by atoms with Crippen LogP contribution >= 0.6 is 0 Å². The molecule has 0 aliphatic heterocycles. The quantitative estimate of drug-likeness (QED) is 0.175. The number of hydrogen-bond acceptors (Lipinski definition) is 2. The van der Waals surface area contributed by atoms with Crippen molar-refractivity contribution in [2.75, 3.05) is 0 Å². The van der Waals surface area contributed by atoms with E-state index in [0.29, 0.717) is 6.42 Å². The van der Waals surface area contributed by atoms with E-state index in [1.54, 1.807) is 0 Å². The van der Waals surface area contributed by atoms with Crippen molar-refractivity contribution in [2.45, 2.75) is 136 Å². The normalized spacial score (nSPS) is 11.9. The zero-order valence-electron chi connectivity index (χ0n) is 18.7. The van der Waals surface area contributed by atoms with Crippen LogP contribution in [0.5, 0.6) is 0 Å². The van der Waals surface area contributed by atoms with Crippen molar-refractivity contribution in [3.05, 3.63) is 0 Å². The Kier molecular flexibility index (Phi) is 16.6. The van der Waals surface area contributed by atoms with E-state index < -0.39 is 8.32 Å². The fraction of sp³-hybridized carbons (Fsp3) is 0.957. The third-order valence-electron chi connectivity index (χ3n) is 4.83. The summed E-state index contributed by atoms with van der Waals surface area (Å²) in [6.07, 6.45) is 21.0. The molecule has 0 amide bonds. The lowest BCUT2D eigenvalue weighted by Crippen LogP contribution is -2.28. The van der Waals surface area contributed by atoms with E-state index in [-0.39, 0.29) is 5.97 Å². The number of carbonyl (C=O) groups excluding carboxylic acids is 1. The molecule has 0 aromatic carbocycles. The van der Waals surface area contributed by atoms with Gasteiger partial charge in [-0.25, -0.2) is 0 Å². The molecule has 0 bridgehead atoms. The summed E-state index contributed by atoms with van der Waals surface area (Å²) < 4.78 is 5.47. The Morgan fingerprint density at radius 1 is 0.654 bits per heavy atom. The third kappa shape index (κ3) is 21.7. The van der Waals surface area contributed by atoms with Gasteiger partial charge in [-0.15, -0.1) is 0 Å². The molecule has 0 unspecified atom stereocenters. The second kappa shape index (κ2) is 16.8. The Labute approximate surface area is 166 Å². The van der Waals surface area contributed by atoms with E-state index in [2.05, 4.69) is 33.5 Å². The standard InChI is InChI=1S/C23H48O2Si/c1-22(2)20-18-16-14-12-10-8-6-7-9-11-13-15-17-19-21-23(24)25-26(3,4)5/h22H,6-21H2,1-5H3. The summed E-state index contributed by atoms with van der Waals surface area (Å²) in [7, 11) is -1.68. The molecule has 26 heavy (non-hydrogen) atoms. The molecule has 0 saturated heterocycles. The van der Waals surface area contributed by atoms with E-state index in [1.165, 1.54) is 89.9 Å². The van der Waals surface area contributed by atoms with Crippen LogP contribution in [0, 0.1) is 5.92 Å². The Morgan fingerprint density at radius 2 is 1.00 bits per heavy atom. The number of carbonyl (C=O) groups is 1. The van der Waals surface area contributed by atoms with Gasteiger partial charge in [0.1, 0.15) is 0 Å². The first kappa shape index (κ1) is 25.7. The largest absolute Gasteiger partial charge is 0.520 e. The molecule has 0 atom stereocenters. The summed E-state index contributed by atoms with van der Waals surface area (Å²) in [4.78, 5) is 11.6. The molecule has 0 aromatic rings. The summed E-state index contributed by atoms with van der Waals surface area (Å²) >= 11 is 0. The molecule has 0 aliphatic carbocycles. The maximum atomic E-state index is 11.6. The van der Waals surface area contributed by atoms with Crippen LogP contribution in [0.1, 0.15) is 117 Å². The van der Waals surface area contributed by atoms with Crippen molar-refractivity contribution in [3.8, 4) is 0 Å². The average molecular weight is 385 g/mol. The van der Waals surface area contributed by atoms with Crippen molar-refractivity contribution in [1.82, 2.24) is 0 Å². The van der Waals surface area contributed by atoms with Gasteiger partial charge in [-0.05, 0) is 32.0 Å². The molecule has 0 spiro atoms. The van der Waals surface area contributed by atoms with Gasteiger partial charge in [0.15, 0.2) is 0 Å². The molecule has 0 saturated carbocycles.